The zero-order valence-corrected chi connectivity index (χ0v) is 56.4. The molecule has 346 valence electrons. The van der Waals surface area contributed by atoms with Gasteiger partial charge in [0.1, 0.15) is 0 Å². The molecule has 0 saturated carbocycles. The first kappa shape index (κ1) is 59.6. The van der Waals surface area contributed by atoms with Crippen molar-refractivity contribution in [1.82, 2.24) is 0 Å². The molecule has 8 aromatic carbocycles. The second-order valence-corrected chi connectivity index (χ2v) is 41.5. The van der Waals surface area contributed by atoms with Gasteiger partial charge >= 0.3 is 152 Å². The summed E-state index contributed by atoms with van der Waals surface area (Å²) in [6, 6.07) is 66.2. The number of hydrogen-bond acceptors (Lipinski definition) is 13. The molecule has 3 saturated heterocycles. The maximum absolute atomic E-state index is 17.2. The monoisotopic (exact) mass is 1140 g/mol. The van der Waals surface area contributed by atoms with Crippen LogP contribution in [0.25, 0.3) is 0 Å². The van der Waals surface area contributed by atoms with Crippen molar-refractivity contribution in [3.05, 3.63) is 243 Å². The van der Waals surface area contributed by atoms with Crippen molar-refractivity contribution in [3.63, 3.8) is 0 Å². The summed E-state index contributed by atoms with van der Waals surface area (Å²) in [5, 5.41) is 0.685. The average Bonchev–Trinajstić information content (AvgIpc) is 3.42. The van der Waals surface area contributed by atoms with Gasteiger partial charge in [-0.1, -0.05) is 243 Å². The van der Waals surface area contributed by atoms with Crippen molar-refractivity contribution in [2.45, 2.75) is 0 Å². The first-order valence-corrected chi connectivity index (χ1v) is 37.0. The van der Waals surface area contributed by atoms with Crippen LogP contribution in [-0.2, 0) is 37.0 Å². The minimum Gasteiger partial charge on any atom is -0.814 e. The van der Waals surface area contributed by atoms with Crippen LogP contribution in [-0.4, -0.2) is 69.0 Å². The molecule has 0 N–H and O–H groups in total. The van der Waals surface area contributed by atoms with Gasteiger partial charge in [-0.25, -0.2) is 0 Å². The number of benzene rings is 8. The van der Waals surface area contributed by atoms with Gasteiger partial charge in [-0.15, -0.1) is 0 Å². The van der Waals surface area contributed by atoms with Crippen molar-refractivity contribution in [3.8, 4) is 0 Å². The van der Waals surface area contributed by atoms with Crippen LogP contribution in [0.2, 0.25) is 0 Å². The van der Waals surface area contributed by atoms with E-state index in [1.54, 1.807) is 243 Å². The van der Waals surface area contributed by atoms with Crippen LogP contribution in [0.5, 0.6) is 0 Å². The molecule has 73 heavy (non-hydrogen) atoms. The minimum atomic E-state index is -5.58. The Kier molecular flexibility index (Phi) is 19.7. The summed E-state index contributed by atoms with van der Waals surface area (Å²) >= 11 is 0. The van der Waals surface area contributed by atoms with E-state index in [0.29, 0.717) is 0 Å². The van der Waals surface area contributed by atoms with Crippen molar-refractivity contribution < 1.29 is 174 Å². The summed E-state index contributed by atoms with van der Waals surface area (Å²) < 4.78 is 67.1. The van der Waals surface area contributed by atoms with Gasteiger partial charge in [0.05, 0.1) is 0 Å². The number of rotatable bonds is 8. The van der Waals surface area contributed by atoms with Crippen LogP contribution < -0.4 is 179 Å². The smallest absolute Gasteiger partial charge is 0.814 e. The first-order valence-electron chi connectivity index (χ1n) is 22.0. The molecular weight excluding hydrogens is 1100 g/mol. The Hall–Kier alpha value is -1.02. The Labute approximate surface area is 520 Å². The van der Waals surface area contributed by atoms with Gasteiger partial charge in [-0.3, -0.25) is 0 Å². The van der Waals surface area contributed by atoms with Crippen molar-refractivity contribution in [1.29, 1.82) is 0 Å². The van der Waals surface area contributed by atoms with Crippen LogP contribution in [0, 0.1) is 0 Å². The fourth-order valence-corrected chi connectivity index (χ4v) is 57.6. The zero-order valence-electron chi connectivity index (χ0n) is 40.4. The van der Waals surface area contributed by atoms with E-state index in [0.717, 1.165) is 0 Å². The van der Waals surface area contributed by atoms with Crippen LogP contribution in [0.1, 0.15) is 0 Å². The largest absolute Gasteiger partial charge is 1.00 e. The molecule has 3 aliphatic heterocycles. The van der Waals surface area contributed by atoms with Gasteiger partial charge in [0, 0.05) is 10.4 Å². The Balaban J connectivity index is 0.00000195. The van der Waals surface area contributed by atoms with Gasteiger partial charge in [0.2, 0.25) is 0 Å². The molecule has 4 unspecified atom stereocenters. The molecule has 25 heteroatoms. The fourth-order valence-electron chi connectivity index (χ4n) is 8.77. The quantitative estimate of drug-likeness (QED) is 0.132. The SMILES string of the molecule is [Na+].[Na+].[Na+].[Na+].[O-][Si]1(c2ccccc2)O[Si]2(c3ccccc3)O[Si]([O-])(c3ccccc3)O[Si](c3ccccc3)(O1)[Si]1(c3ccccc3)O[Si]([O-])(c3ccccc3)O[Si](c3ccccc3)(O[Si]([O-])(c3ccccc3)O1)O2. The fraction of sp³-hybridized carbons (Fsp3) is 0. The Morgan fingerprint density at radius 2 is 0.356 bits per heavy atom. The van der Waals surface area contributed by atoms with E-state index in [-0.39, 0.29) is 160 Å². The normalized spacial score (nSPS) is 30.5. The van der Waals surface area contributed by atoms with Crippen LogP contribution in [0.4, 0.5) is 0 Å². The van der Waals surface area contributed by atoms with Crippen LogP contribution in [0.15, 0.2) is 243 Å². The Bertz CT molecular complexity index is 2730. The topological polar surface area (TPSA) is 175 Å². The molecule has 11 rings (SSSR count). The molecule has 0 radical (unpaired) electrons. The van der Waals surface area contributed by atoms with E-state index in [1.165, 1.54) is 0 Å². The molecular formula is C48H40Na4O13Si8. The Morgan fingerprint density at radius 3 is 0.548 bits per heavy atom. The first-order chi connectivity index (χ1) is 33.5. The van der Waals surface area contributed by atoms with Gasteiger partial charge in [-0.2, -0.15) is 0 Å². The predicted molar refractivity (Wildman–Crippen MR) is 264 cm³/mol. The molecule has 0 aliphatic carbocycles. The molecule has 3 fully saturated rings. The van der Waals surface area contributed by atoms with E-state index < -0.39 is 69.0 Å². The van der Waals surface area contributed by atoms with E-state index in [4.69, 9.17) is 37.0 Å². The summed E-state index contributed by atoms with van der Waals surface area (Å²) in [6.07, 6.45) is 0. The summed E-state index contributed by atoms with van der Waals surface area (Å²) in [4.78, 5) is 68.8. The third-order valence-electron chi connectivity index (χ3n) is 12.0. The molecule has 3 aliphatic rings. The molecule has 0 aromatic heterocycles. The maximum atomic E-state index is 17.2. The standard InChI is InChI=1S/C48H40O13Si8.4Na/c49-62(41-25-9-1-10-26-41)53-66(45-33-17-5-18-34-45)54-63(50,42-27-11-2-12-28-42)58-68(57-62,47-37-21-7-22-38-47)69(48-39-23-8-24-40-48)59-64(51,43-29-13-3-14-30-43)55-67(61-66,46-35-19-6-20-36-46)56-65(52,60-69)44-31-15-4-16-32-44;;;;/h1-40H;;;;/q-4;4*+1. The second-order valence-electron chi connectivity index (χ2n) is 16.4. The van der Waals surface area contributed by atoms with Gasteiger partial charge < -0.3 is 56.2 Å². The van der Waals surface area contributed by atoms with Crippen molar-refractivity contribution in [2.24, 2.45) is 0 Å². The Morgan fingerprint density at radius 1 is 0.192 bits per heavy atom. The summed E-state index contributed by atoms with van der Waals surface area (Å²) in [5.74, 6) is 0. The third-order valence-corrected chi connectivity index (χ3v) is 48.9. The number of fused-ring (bicyclic) bond motifs is 9. The third kappa shape index (κ3) is 11.2. The average molecular weight is 1140 g/mol. The van der Waals surface area contributed by atoms with Crippen LogP contribution in [0.3, 0.4) is 0 Å². The molecule has 4 atom stereocenters. The van der Waals surface area contributed by atoms with Crippen molar-refractivity contribution >= 4 is 110 Å². The van der Waals surface area contributed by atoms with Gasteiger partial charge in [-0.05, 0) is 31.1 Å². The van der Waals surface area contributed by atoms with Crippen molar-refractivity contribution in [2.75, 3.05) is 0 Å². The van der Waals surface area contributed by atoms with E-state index >= 15 is 19.2 Å². The summed E-state index contributed by atoms with van der Waals surface area (Å²) in [7, 11) is -44.4. The molecule has 0 amide bonds. The minimum absolute atomic E-state index is 0. The molecule has 13 nitrogen and oxygen atoms in total. The van der Waals surface area contributed by atoms with Gasteiger partial charge in [0.25, 0.3) is 35.2 Å². The van der Waals surface area contributed by atoms with E-state index in [2.05, 4.69) is 0 Å². The van der Waals surface area contributed by atoms with E-state index in [9.17, 15) is 0 Å². The zero-order chi connectivity index (χ0) is 47.3. The summed E-state index contributed by atoms with van der Waals surface area (Å²) in [6.45, 7) is 0. The molecule has 3 heterocycles. The molecule has 8 aromatic rings. The van der Waals surface area contributed by atoms with Crippen LogP contribution >= 0.6 is 0 Å². The predicted octanol–water partition coefficient (Wildman–Crippen LogP) is -13.5. The van der Waals surface area contributed by atoms with Gasteiger partial charge in [0.15, 0.2) is 0 Å². The van der Waals surface area contributed by atoms with E-state index in [1.807, 2.05) is 0 Å². The maximum Gasteiger partial charge on any atom is 1.00 e. The number of hydrogen-bond donors (Lipinski definition) is 0. The second kappa shape index (κ2) is 24.1. The molecule has 4 bridgehead atoms. The molecule has 0 spiro atoms. The summed E-state index contributed by atoms with van der Waals surface area (Å²) in [5.41, 5.74) is 0.